The Balaban J connectivity index is 0.000000371. The van der Waals surface area contributed by atoms with Crippen molar-refractivity contribution in [2.45, 2.75) is 33.7 Å². The molecule has 1 rings (SSSR count). The van der Waals surface area contributed by atoms with Gasteiger partial charge in [-0.2, -0.15) is 0 Å². The smallest absolute Gasteiger partial charge is 0.0416 e. The fourth-order valence-corrected chi connectivity index (χ4v) is 0.829. The van der Waals surface area contributed by atoms with Crippen molar-refractivity contribution in [2.24, 2.45) is 0 Å². The summed E-state index contributed by atoms with van der Waals surface area (Å²) in [6.07, 6.45) is 6.25. The molecular weight excluding hydrogens is 122 g/mol. The summed E-state index contributed by atoms with van der Waals surface area (Å²) >= 11 is 0. The van der Waals surface area contributed by atoms with E-state index in [-0.39, 0.29) is 0 Å². The van der Waals surface area contributed by atoms with Crippen LogP contribution in [0.3, 0.4) is 0 Å². The number of dihydropyridines is 1. The average Bonchev–Trinajstić information content (AvgIpc) is 1.91. The molecule has 0 aliphatic carbocycles. The summed E-state index contributed by atoms with van der Waals surface area (Å²) < 4.78 is 0. The maximum absolute atomic E-state index is 3.16. The third kappa shape index (κ3) is 3.33. The number of hydrogen-bond acceptors (Lipinski definition) is 1. The number of hydrogen-bond donors (Lipinski definition) is 1. The summed E-state index contributed by atoms with van der Waals surface area (Å²) in [6.45, 7) is 8.24. The SMILES string of the molecule is CC.CC1=CC(C)NC=C1. The highest BCUT2D eigenvalue weighted by Crippen LogP contribution is 2.01. The fourth-order valence-electron chi connectivity index (χ4n) is 0.829. The molecule has 0 aromatic heterocycles. The topological polar surface area (TPSA) is 12.0 Å². The van der Waals surface area contributed by atoms with E-state index in [0.717, 1.165) is 0 Å². The number of allylic oxidation sites excluding steroid dienone is 2. The molecule has 1 unspecified atom stereocenters. The Hall–Kier alpha value is -0.720. The Morgan fingerprint density at radius 2 is 2.00 bits per heavy atom. The monoisotopic (exact) mass is 139 g/mol. The van der Waals surface area contributed by atoms with Crippen LogP contribution < -0.4 is 5.32 Å². The minimum absolute atomic E-state index is 0.514. The molecule has 1 heteroatoms. The molecule has 1 atom stereocenters. The van der Waals surface area contributed by atoms with E-state index in [1.807, 2.05) is 20.0 Å². The second-order valence-corrected chi connectivity index (χ2v) is 2.20. The van der Waals surface area contributed by atoms with Gasteiger partial charge in [0.05, 0.1) is 0 Å². The zero-order valence-corrected chi connectivity index (χ0v) is 7.31. The number of nitrogens with one attached hydrogen (secondary N) is 1. The summed E-state index contributed by atoms with van der Waals surface area (Å²) in [7, 11) is 0. The first-order chi connectivity index (χ1) is 4.79. The average molecular weight is 139 g/mol. The molecule has 0 fully saturated rings. The lowest BCUT2D eigenvalue weighted by molar-refractivity contribution is 0.753. The van der Waals surface area contributed by atoms with Crippen molar-refractivity contribution in [1.29, 1.82) is 0 Å². The van der Waals surface area contributed by atoms with Crippen LogP contribution in [0.5, 0.6) is 0 Å². The molecule has 1 aliphatic rings. The van der Waals surface area contributed by atoms with E-state index in [1.54, 1.807) is 0 Å². The molecule has 1 aliphatic heterocycles. The third-order valence-electron chi connectivity index (χ3n) is 1.22. The van der Waals surface area contributed by atoms with Crippen LogP contribution in [0.25, 0.3) is 0 Å². The molecule has 0 radical (unpaired) electrons. The normalized spacial score (nSPS) is 22.0. The molecule has 0 aromatic rings. The van der Waals surface area contributed by atoms with Crippen LogP contribution in [-0.2, 0) is 0 Å². The van der Waals surface area contributed by atoms with Gasteiger partial charge in [0.15, 0.2) is 0 Å². The van der Waals surface area contributed by atoms with Gasteiger partial charge in [0.1, 0.15) is 0 Å². The molecule has 0 amide bonds. The van der Waals surface area contributed by atoms with E-state index in [0.29, 0.717) is 6.04 Å². The molecule has 1 nitrogen and oxygen atoms in total. The molecule has 1 heterocycles. The van der Waals surface area contributed by atoms with Crippen molar-refractivity contribution < 1.29 is 0 Å². The Bertz CT molecular complexity index is 134. The fraction of sp³-hybridized carbons (Fsp3) is 0.556. The first kappa shape index (κ1) is 9.28. The Morgan fingerprint density at radius 1 is 1.40 bits per heavy atom. The van der Waals surface area contributed by atoms with Crippen LogP contribution in [0.4, 0.5) is 0 Å². The van der Waals surface area contributed by atoms with Gasteiger partial charge in [-0.15, -0.1) is 0 Å². The molecule has 1 N–H and O–H groups in total. The van der Waals surface area contributed by atoms with Gasteiger partial charge in [-0.05, 0) is 26.1 Å². The molecule has 0 spiro atoms. The van der Waals surface area contributed by atoms with Gasteiger partial charge in [-0.25, -0.2) is 0 Å². The first-order valence-corrected chi connectivity index (χ1v) is 3.90. The second kappa shape index (κ2) is 5.10. The Morgan fingerprint density at radius 3 is 2.30 bits per heavy atom. The standard InChI is InChI=1S/C7H11N.C2H6/c1-6-3-4-8-7(2)5-6;1-2/h3-5,7-8H,1-2H3;1-2H3. The van der Waals surface area contributed by atoms with Crippen molar-refractivity contribution in [3.63, 3.8) is 0 Å². The minimum atomic E-state index is 0.514. The van der Waals surface area contributed by atoms with Crippen LogP contribution in [0.1, 0.15) is 27.7 Å². The van der Waals surface area contributed by atoms with Gasteiger partial charge in [0.2, 0.25) is 0 Å². The maximum Gasteiger partial charge on any atom is 0.0416 e. The molecule has 0 saturated heterocycles. The zero-order chi connectivity index (χ0) is 7.98. The van der Waals surface area contributed by atoms with Crippen molar-refractivity contribution in [1.82, 2.24) is 5.32 Å². The second-order valence-electron chi connectivity index (χ2n) is 2.20. The Labute approximate surface area is 63.8 Å². The van der Waals surface area contributed by atoms with Crippen molar-refractivity contribution >= 4 is 0 Å². The summed E-state index contributed by atoms with van der Waals surface area (Å²) in [4.78, 5) is 0. The van der Waals surface area contributed by atoms with E-state index >= 15 is 0 Å². The highest BCUT2D eigenvalue weighted by atomic mass is 14.9. The largest absolute Gasteiger partial charge is 0.385 e. The number of rotatable bonds is 0. The Kier molecular flexibility index (Phi) is 4.73. The first-order valence-electron chi connectivity index (χ1n) is 3.90. The van der Waals surface area contributed by atoms with E-state index < -0.39 is 0 Å². The highest BCUT2D eigenvalue weighted by Gasteiger charge is 1.96. The van der Waals surface area contributed by atoms with E-state index in [2.05, 4.69) is 31.3 Å². The van der Waals surface area contributed by atoms with Crippen molar-refractivity contribution in [3.8, 4) is 0 Å². The predicted octanol–water partition coefficient (Wildman–Crippen LogP) is 2.46. The van der Waals surface area contributed by atoms with Crippen molar-refractivity contribution in [2.75, 3.05) is 0 Å². The van der Waals surface area contributed by atoms with Crippen LogP contribution in [0.2, 0.25) is 0 Å². The summed E-state index contributed by atoms with van der Waals surface area (Å²) in [5.74, 6) is 0. The van der Waals surface area contributed by atoms with Crippen LogP contribution >= 0.6 is 0 Å². The lowest BCUT2D eigenvalue weighted by atomic mass is 10.1. The van der Waals surface area contributed by atoms with Crippen LogP contribution in [0.15, 0.2) is 23.9 Å². The van der Waals surface area contributed by atoms with Crippen molar-refractivity contribution in [3.05, 3.63) is 23.9 Å². The van der Waals surface area contributed by atoms with Gasteiger partial charge in [0, 0.05) is 6.04 Å². The molecule has 58 valence electrons. The lowest BCUT2D eigenvalue weighted by Gasteiger charge is -2.11. The zero-order valence-electron chi connectivity index (χ0n) is 7.31. The van der Waals surface area contributed by atoms with E-state index in [1.165, 1.54) is 5.57 Å². The molecule has 0 aromatic carbocycles. The summed E-state index contributed by atoms with van der Waals surface area (Å²) in [5.41, 5.74) is 1.34. The summed E-state index contributed by atoms with van der Waals surface area (Å²) in [5, 5.41) is 3.16. The van der Waals surface area contributed by atoms with Gasteiger partial charge in [-0.1, -0.05) is 25.5 Å². The predicted molar refractivity (Wildman–Crippen MR) is 46.8 cm³/mol. The summed E-state index contributed by atoms with van der Waals surface area (Å²) in [6, 6.07) is 0.514. The lowest BCUT2D eigenvalue weighted by Crippen LogP contribution is -2.20. The quantitative estimate of drug-likeness (QED) is 0.543. The molecule has 0 saturated carbocycles. The van der Waals surface area contributed by atoms with Gasteiger partial charge in [0.25, 0.3) is 0 Å². The molecule has 10 heavy (non-hydrogen) atoms. The maximum atomic E-state index is 3.16. The van der Waals surface area contributed by atoms with Gasteiger partial charge < -0.3 is 5.32 Å². The minimum Gasteiger partial charge on any atom is -0.385 e. The molecular formula is C9H17N. The van der Waals surface area contributed by atoms with E-state index in [4.69, 9.17) is 0 Å². The van der Waals surface area contributed by atoms with Crippen LogP contribution in [-0.4, -0.2) is 6.04 Å². The molecule has 0 bridgehead atoms. The highest BCUT2D eigenvalue weighted by molar-refractivity contribution is 5.21. The van der Waals surface area contributed by atoms with Crippen LogP contribution in [0, 0.1) is 0 Å². The van der Waals surface area contributed by atoms with E-state index in [9.17, 15) is 0 Å². The van der Waals surface area contributed by atoms with Gasteiger partial charge in [-0.3, -0.25) is 0 Å². The third-order valence-corrected chi connectivity index (χ3v) is 1.22. The van der Waals surface area contributed by atoms with Gasteiger partial charge >= 0.3 is 0 Å².